The summed E-state index contributed by atoms with van der Waals surface area (Å²) in [5, 5.41) is 7.14. The van der Waals surface area contributed by atoms with E-state index in [9.17, 15) is 4.79 Å². The summed E-state index contributed by atoms with van der Waals surface area (Å²) >= 11 is 5.81. The molecule has 0 aliphatic carbocycles. The molecule has 1 N–H and O–H groups in total. The van der Waals surface area contributed by atoms with Crippen molar-refractivity contribution in [1.82, 2.24) is 5.16 Å². The van der Waals surface area contributed by atoms with E-state index in [1.165, 1.54) is 0 Å². The molecule has 3 rings (SSSR count). The molecule has 116 valence electrons. The Bertz CT molecular complexity index is 811. The first-order valence-electron chi connectivity index (χ1n) is 6.84. The number of nitrogens with one attached hydrogen (secondary N) is 1. The molecule has 1 heterocycles. The van der Waals surface area contributed by atoms with Crippen molar-refractivity contribution in [2.45, 2.75) is 0 Å². The highest BCUT2D eigenvalue weighted by atomic mass is 35.5. The first-order chi connectivity index (χ1) is 11.2. The molecular weight excluding hydrogens is 316 g/mol. The van der Waals surface area contributed by atoms with Crippen LogP contribution in [0.5, 0.6) is 5.75 Å². The van der Waals surface area contributed by atoms with Gasteiger partial charge in [0.05, 0.1) is 7.11 Å². The van der Waals surface area contributed by atoms with Crippen molar-refractivity contribution < 1.29 is 14.1 Å². The van der Waals surface area contributed by atoms with Gasteiger partial charge in [-0.05, 0) is 48.5 Å². The number of ether oxygens (including phenoxy) is 1. The third-order valence-corrected chi connectivity index (χ3v) is 3.47. The van der Waals surface area contributed by atoms with Crippen LogP contribution in [-0.2, 0) is 0 Å². The second-order valence-electron chi connectivity index (χ2n) is 4.77. The molecule has 3 aromatic rings. The van der Waals surface area contributed by atoms with Crippen LogP contribution in [0.1, 0.15) is 10.5 Å². The number of anilines is 1. The number of amides is 1. The number of nitrogens with zero attached hydrogens (tertiary/aromatic N) is 1. The van der Waals surface area contributed by atoms with Gasteiger partial charge in [0.15, 0.2) is 11.5 Å². The predicted molar refractivity (Wildman–Crippen MR) is 87.9 cm³/mol. The number of hydrogen-bond acceptors (Lipinski definition) is 4. The van der Waals surface area contributed by atoms with E-state index in [0.717, 1.165) is 11.3 Å². The predicted octanol–water partition coefficient (Wildman–Crippen LogP) is 4.26. The minimum absolute atomic E-state index is 0.200. The number of benzene rings is 2. The molecule has 0 bridgehead atoms. The lowest BCUT2D eigenvalue weighted by molar-refractivity contribution is 0.101. The van der Waals surface area contributed by atoms with Crippen molar-refractivity contribution in [3.8, 4) is 17.1 Å². The molecular formula is C17H13ClN2O3. The Hall–Kier alpha value is -2.79. The third kappa shape index (κ3) is 3.52. The van der Waals surface area contributed by atoms with Gasteiger partial charge >= 0.3 is 0 Å². The van der Waals surface area contributed by atoms with Crippen molar-refractivity contribution in [1.29, 1.82) is 0 Å². The molecule has 0 aliphatic rings. The van der Waals surface area contributed by atoms with E-state index in [1.807, 2.05) is 24.3 Å². The summed E-state index contributed by atoms with van der Waals surface area (Å²) in [6.07, 6.45) is 0. The van der Waals surface area contributed by atoms with Crippen LogP contribution in [0.2, 0.25) is 5.02 Å². The highest BCUT2D eigenvalue weighted by molar-refractivity contribution is 6.30. The standard InChI is InChI=1S/C17H13ClN2O3/c1-22-14-8-2-11(3-9-14)16-10-15(20-23-16)17(21)19-13-6-4-12(18)5-7-13/h2-10H,1H3,(H,19,21). The average molecular weight is 329 g/mol. The molecule has 0 aliphatic heterocycles. The van der Waals surface area contributed by atoms with Gasteiger partial charge in [0.2, 0.25) is 0 Å². The molecule has 0 atom stereocenters. The fraction of sp³-hybridized carbons (Fsp3) is 0.0588. The zero-order valence-electron chi connectivity index (χ0n) is 12.2. The molecule has 0 fully saturated rings. The van der Waals surface area contributed by atoms with Crippen molar-refractivity contribution in [3.05, 3.63) is 65.3 Å². The van der Waals surface area contributed by atoms with Gasteiger partial charge in [0, 0.05) is 22.3 Å². The second kappa shape index (κ2) is 6.54. The Morgan fingerprint density at radius 1 is 1.13 bits per heavy atom. The summed E-state index contributed by atoms with van der Waals surface area (Å²) in [5.74, 6) is 0.902. The Balaban J connectivity index is 1.75. The summed E-state index contributed by atoms with van der Waals surface area (Å²) in [6.45, 7) is 0. The monoisotopic (exact) mass is 328 g/mol. The molecule has 0 unspecified atom stereocenters. The van der Waals surface area contributed by atoms with E-state index in [4.69, 9.17) is 20.9 Å². The van der Waals surface area contributed by atoms with E-state index < -0.39 is 0 Å². The molecule has 0 saturated heterocycles. The van der Waals surface area contributed by atoms with Gasteiger partial charge in [-0.3, -0.25) is 4.79 Å². The topological polar surface area (TPSA) is 64.4 Å². The number of halogens is 1. The van der Waals surface area contributed by atoms with Crippen LogP contribution >= 0.6 is 11.6 Å². The number of carbonyl (C=O) groups excluding carboxylic acids is 1. The van der Waals surface area contributed by atoms with E-state index in [0.29, 0.717) is 16.5 Å². The normalized spacial score (nSPS) is 10.3. The van der Waals surface area contributed by atoms with E-state index >= 15 is 0 Å². The zero-order valence-corrected chi connectivity index (χ0v) is 13.0. The van der Waals surface area contributed by atoms with Crippen LogP contribution < -0.4 is 10.1 Å². The first-order valence-corrected chi connectivity index (χ1v) is 7.21. The summed E-state index contributed by atoms with van der Waals surface area (Å²) in [7, 11) is 1.60. The molecule has 0 radical (unpaired) electrons. The fourth-order valence-corrected chi connectivity index (χ4v) is 2.13. The minimum atomic E-state index is -0.351. The number of methoxy groups -OCH3 is 1. The lowest BCUT2D eigenvalue weighted by atomic mass is 10.1. The van der Waals surface area contributed by atoms with E-state index in [2.05, 4.69) is 10.5 Å². The maximum atomic E-state index is 12.2. The second-order valence-corrected chi connectivity index (χ2v) is 5.20. The van der Waals surface area contributed by atoms with Gasteiger partial charge in [0.25, 0.3) is 5.91 Å². The average Bonchev–Trinajstić information content (AvgIpc) is 3.07. The van der Waals surface area contributed by atoms with Crippen LogP contribution in [0, 0.1) is 0 Å². The Morgan fingerprint density at radius 2 is 1.83 bits per heavy atom. The first kappa shape index (κ1) is 15.1. The molecule has 23 heavy (non-hydrogen) atoms. The van der Waals surface area contributed by atoms with Crippen molar-refractivity contribution >= 4 is 23.2 Å². The van der Waals surface area contributed by atoms with Crippen LogP contribution in [0.4, 0.5) is 5.69 Å². The molecule has 6 heteroatoms. The van der Waals surface area contributed by atoms with Gasteiger partial charge in [-0.2, -0.15) is 0 Å². The number of hydrogen-bond donors (Lipinski definition) is 1. The van der Waals surface area contributed by atoms with Crippen LogP contribution in [0.25, 0.3) is 11.3 Å². The van der Waals surface area contributed by atoms with Gasteiger partial charge in [-0.1, -0.05) is 16.8 Å². The Kier molecular flexibility index (Phi) is 4.30. The fourth-order valence-electron chi connectivity index (χ4n) is 2.00. The number of aromatic nitrogens is 1. The molecule has 1 amide bonds. The summed E-state index contributed by atoms with van der Waals surface area (Å²) in [4.78, 5) is 12.2. The lowest BCUT2D eigenvalue weighted by Crippen LogP contribution is -2.11. The van der Waals surface area contributed by atoms with E-state index in [-0.39, 0.29) is 11.6 Å². The number of rotatable bonds is 4. The van der Waals surface area contributed by atoms with Crippen LogP contribution in [-0.4, -0.2) is 18.2 Å². The zero-order chi connectivity index (χ0) is 16.2. The molecule has 0 saturated carbocycles. The minimum Gasteiger partial charge on any atom is -0.497 e. The van der Waals surface area contributed by atoms with Crippen molar-refractivity contribution in [2.75, 3.05) is 12.4 Å². The Morgan fingerprint density at radius 3 is 2.48 bits per heavy atom. The molecule has 2 aromatic carbocycles. The maximum absolute atomic E-state index is 12.2. The van der Waals surface area contributed by atoms with E-state index in [1.54, 1.807) is 37.4 Å². The van der Waals surface area contributed by atoms with Crippen molar-refractivity contribution in [3.63, 3.8) is 0 Å². The van der Waals surface area contributed by atoms with Crippen molar-refractivity contribution in [2.24, 2.45) is 0 Å². The largest absolute Gasteiger partial charge is 0.497 e. The van der Waals surface area contributed by atoms with Gasteiger partial charge in [-0.15, -0.1) is 0 Å². The quantitative estimate of drug-likeness (QED) is 0.777. The summed E-state index contributed by atoms with van der Waals surface area (Å²) < 4.78 is 10.3. The lowest BCUT2D eigenvalue weighted by Gasteiger charge is -2.02. The SMILES string of the molecule is COc1ccc(-c2cc(C(=O)Nc3ccc(Cl)cc3)no2)cc1. The smallest absolute Gasteiger partial charge is 0.277 e. The summed E-state index contributed by atoms with van der Waals surface area (Å²) in [5.41, 5.74) is 1.64. The number of carbonyl (C=O) groups is 1. The highest BCUT2D eigenvalue weighted by Crippen LogP contribution is 2.23. The maximum Gasteiger partial charge on any atom is 0.277 e. The molecule has 0 spiro atoms. The highest BCUT2D eigenvalue weighted by Gasteiger charge is 2.14. The van der Waals surface area contributed by atoms with Gasteiger partial charge < -0.3 is 14.6 Å². The van der Waals surface area contributed by atoms with Crippen LogP contribution in [0.15, 0.2) is 59.1 Å². The third-order valence-electron chi connectivity index (χ3n) is 3.22. The molecule has 5 nitrogen and oxygen atoms in total. The molecule has 1 aromatic heterocycles. The van der Waals surface area contributed by atoms with Gasteiger partial charge in [-0.25, -0.2) is 0 Å². The summed E-state index contributed by atoms with van der Waals surface area (Å²) in [6, 6.07) is 15.7. The van der Waals surface area contributed by atoms with Crippen LogP contribution in [0.3, 0.4) is 0 Å². The van der Waals surface area contributed by atoms with Gasteiger partial charge in [0.1, 0.15) is 5.75 Å². The Labute approximate surface area is 137 Å².